The Morgan fingerprint density at radius 3 is 2.61 bits per heavy atom. The molecule has 2 heterocycles. The first-order valence-corrected chi connectivity index (χ1v) is 8.33. The molecule has 2 aliphatic heterocycles. The summed E-state index contributed by atoms with van der Waals surface area (Å²) in [4.78, 5) is 16.8. The van der Waals surface area contributed by atoms with Crippen LogP contribution in [0.4, 0.5) is 0 Å². The lowest BCUT2D eigenvalue weighted by atomic mass is 9.91. The first kappa shape index (κ1) is 16.4. The molecule has 0 saturated carbocycles. The number of nitrogens with zero attached hydrogens (tertiary/aromatic N) is 2. The van der Waals surface area contributed by atoms with E-state index in [0.29, 0.717) is 24.7 Å². The van der Waals surface area contributed by atoms with Crippen LogP contribution in [0, 0.1) is 5.92 Å². The van der Waals surface area contributed by atoms with Crippen molar-refractivity contribution in [2.24, 2.45) is 5.92 Å². The average molecular weight is 318 g/mol. The van der Waals surface area contributed by atoms with Gasteiger partial charge in [-0.2, -0.15) is 0 Å². The Hall–Kier alpha value is -1.43. The number of hydrogen-bond acceptors (Lipinski definition) is 4. The van der Waals surface area contributed by atoms with E-state index in [1.54, 1.807) is 0 Å². The Balaban J connectivity index is 1.58. The summed E-state index contributed by atoms with van der Waals surface area (Å²) >= 11 is 0. The van der Waals surface area contributed by atoms with Gasteiger partial charge in [-0.15, -0.1) is 0 Å². The molecule has 1 aromatic carbocycles. The van der Waals surface area contributed by atoms with Crippen molar-refractivity contribution in [2.45, 2.75) is 18.4 Å². The largest absolute Gasteiger partial charge is 0.380 e. The van der Waals surface area contributed by atoms with E-state index in [4.69, 9.17) is 4.74 Å². The topological polar surface area (TPSA) is 53.0 Å². The van der Waals surface area contributed by atoms with Gasteiger partial charge < -0.3 is 19.6 Å². The van der Waals surface area contributed by atoms with Crippen LogP contribution in [-0.4, -0.2) is 67.8 Å². The minimum absolute atomic E-state index is 0.0979. The van der Waals surface area contributed by atoms with Gasteiger partial charge in [0.2, 0.25) is 0 Å². The Labute approximate surface area is 137 Å². The molecule has 23 heavy (non-hydrogen) atoms. The molecule has 1 unspecified atom stereocenters. The van der Waals surface area contributed by atoms with E-state index in [2.05, 4.69) is 19.0 Å². The fourth-order valence-corrected chi connectivity index (χ4v) is 3.26. The number of hydrogen-bond donors (Lipinski definition) is 1. The number of ether oxygens (including phenoxy) is 1. The van der Waals surface area contributed by atoms with Crippen molar-refractivity contribution in [3.05, 3.63) is 35.4 Å². The standard InChI is InChI=1S/C18H26N2O3/c1-19(2)9-7-14-8-10-20(11-14)17(21)15-3-5-16(6-4-15)18(22)12-23-13-18/h3-6,14,22H,7-13H2,1-2H3. The second kappa shape index (κ2) is 6.59. The van der Waals surface area contributed by atoms with Crippen LogP contribution in [0.1, 0.15) is 28.8 Å². The van der Waals surface area contributed by atoms with Crippen LogP contribution in [0.5, 0.6) is 0 Å². The SMILES string of the molecule is CN(C)CCC1CCN(C(=O)c2ccc(C3(O)COC3)cc2)C1. The van der Waals surface area contributed by atoms with E-state index >= 15 is 0 Å². The van der Waals surface area contributed by atoms with Crippen LogP contribution in [0.25, 0.3) is 0 Å². The van der Waals surface area contributed by atoms with Gasteiger partial charge in [0.15, 0.2) is 0 Å². The second-order valence-electron chi connectivity index (χ2n) is 7.10. The van der Waals surface area contributed by atoms with Crippen LogP contribution >= 0.6 is 0 Å². The molecule has 2 aliphatic rings. The summed E-state index contributed by atoms with van der Waals surface area (Å²) in [7, 11) is 4.17. The van der Waals surface area contributed by atoms with E-state index in [1.165, 1.54) is 0 Å². The highest BCUT2D eigenvalue weighted by molar-refractivity contribution is 5.94. The van der Waals surface area contributed by atoms with Crippen molar-refractivity contribution in [3.63, 3.8) is 0 Å². The third-order valence-electron chi connectivity index (χ3n) is 4.91. The Morgan fingerprint density at radius 2 is 2.04 bits per heavy atom. The van der Waals surface area contributed by atoms with Crippen molar-refractivity contribution in [1.29, 1.82) is 0 Å². The minimum atomic E-state index is -0.869. The molecule has 2 saturated heterocycles. The average Bonchev–Trinajstić information content (AvgIpc) is 2.99. The van der Waals surface area contributed by atoms with E-state index in [0.717, 1.165) is 38.0 Å². The molecule has 2 fully saturated rings. The molecule has 0 radical (unpaired) electrons. The monoisotopic (exact) mass is 318 g/mol. The zero-order chi connectivity index (χ0) is 16.4. The minimum Gasteiger partial charge on any atom is -0.380 e. The molecule has 1 aromatic rings. The lowest BCUT2D eigenvalue weighted by Crippen LogP contribution is -2.46. The number of likely N-dealkylation sites (tertiary alicyclic amines) is 1. The van der Waals surface area contributed by atoms with E-state index < -0.39 is 5.60 Å². The maximum atomic E-state index is 12.6. The van der Waals surface area contributed by atoms with Crippen molar-refractivity contribution in [3.8, 4) is 0 Å². The molecule has 1 amide bonds. The molecule has 0 bridgehead atoms. The van der Waals surface area contributed by atoms with Crippen LogP contribution in [-0.2, 0) is 10.3 Å². The maximum Gasteiger partial charge on any atom is 0.253 e. The molecule has 0 aliphatic carbocycles. The van der Waals surface area contributed by atoms with Gasteiger partial charge in [0.05, 0.1) is 13.2 Å². The third-order valence-corrected chi connectivity index (χ3v) is 4.91. The predicted octanol–water partition coefficient (Wildman–Crippen LogP) is 1.32. The lowest BCUT2D eigenvalue weighted by Gasteiger charge is -2.36. The van der Waals surface area contributed by atoms with Gasteiger partial charge in [-0.25, -0.2) is 0 Å². The van der Waals surface area contributed by atoms with Crippen LogP contribution < -0.4 is 0 Å². The van der Waals surface area contributed by atoms with Crippen LogP contribution in [0.3, 0.4) is 0 Å². The van der Waals surface area contributed by atoms with Crippen molar-refractivity contribution in [1.82, 2.24) is 9.80 Å². The van der Waals surface area contributed by atoms with E-state index in [1.807, 2.05) is 29.2 Å². The number of rotatable bonds is 5. The van der Waals surface area contributed by atoms with E-state index in [9.17, 15) is 9.90 Å². The second-order valence-corrected chi connectivity index (χ2v) is 7.10. The zero-order valence-corrected chi connectivity index (χ0v) is 14.0. The summed E-state index contributed by atoms with van der Waals surface area (Å²) in [5, 5.41) is 10.2. The van der Waals surface area contributed by atoms with Crippen LogP contribution in [0.2, 0.25) is 0 Å². The summed E-state index contributed by atoms with van der Waals surface area (Å²) in [5.74, 6) is 0.703. The summed E-state index contributed by atoms with van der Waals surface area (Å²) in [6.07, 6.45) is 2.23. The maximum absolute atomic E-state index is 12.6. The van der Waals surface area contributed by atoms with Crippen molar-refractivity contribution >= 4 is 5.91 Å². The number of carbonyl (C=O) groups is 1. The van der Waals surface area contributed by atoms with Crippen molar-refractivity contribution < 1.29 is 14.6 Å². The Morgan fingerprint density at radius 1 is 1.35 bits per heavy atom. The highest BCUT2D eigenvalue weighted by Crippen LogP contribution is 2.29. The van der Waals surface area contributed by atoms with Gasteiger partial charge in [0, 0.05) is 18.7 Å². The smallest absolute Gasteiger partial charge is 0.253 e. The molecule has 126 valence electrons. The molecular weight excluding hydrogens is 292 g/mol. The summed E-state index contributed by atoms with van der Waals surface area (Å²) < 4.78 is 5.07. The number of benzene rings is 1. The number of aliphatic hydroxyl groups is 1. The van der Waals surface area contributed by atoms with Gasteiger partial charge in [-0.05, 0) is 57.1 Å². The van der Waals surface area contributed by atoms with Gasteiger partial charge in [0.1, 0.15) is 5.60 Å². The van der Waals surface area contributed by atoms with Gasteiger partial charge in [-0.1, -0.05) is 12.1 Å². The quantitative estimate of drug-likeness (QED) is 0.890. The normalized spacial score (nSPS) is 23.1. The summed E-state index contributed by atoms with van der Waals surface area (Å²) in [5.41, 5.74) is 0.656. The third kappa shape index (κ3) is 3.57. The van der Waals surface area contributed by atoms with Crippen LogP contribution in [0.15, 0.2) is 24.3 Å². The fourth-order valence-electron chi connectivity index (χ4n) is 3.26. The van der Waals surface area contributed by atoms with E-state index in [-0.39, 0.29) is 5.91 Å². The summed E-state index contributed by atoms with van der Waals surface area (Å²) in [6.45, 7) is 3.44. The fraction of sp³-hybridized carbons (Fsp3) is 0.611. The molecule has 1 atom stereocenters. The highest BCUT2D eigenvalue weighted by Gasteiger charge is 2.38. The molecular formula is C18H26N2O3. The molecule has 3 rings (SSSR count). The first-order valence-electron chi connectivity index (χ1n) is 8.33. The molecule has 5 nitrogen and oxygen atoms in total. The lowest BCUT2D eigenvalue weighted by molar-refractivity contribution is -0.184. The van der Waals surface area contributed by atoms with Gasteiger partial charge in [0.25, 0.3) is 5.91 Å². The molecule has 1 N–H and O–H groups in total. The molecule has 0 spiro atoms. The van der Waals surface area contributed by atoms with Crippen molar-refractivity contribution in [2.75, 3.05) is 46.9 Å². The summed E-state index contributed by atoms with van der Waals surface area (Å²) in [6, 6.07) is 7.33. The molecule has 0 aromatic heterocycles. The zero-order valence-electron chi connectivity index (χ0n) is 14.0. The Bertz CT molecular complexity index is 552. The highest BCUT2D eigenvalue weighted by atomic mass is 16.5. The molecule has 5 heteroatoms. The Kier molecular flexibility index (Phi) is 4.71. The first-order chi connectivity index (χ1) is 11.0. The number of amides is 1. The predicted molar refractivity (Wildman–Crippen MR) is 88.3 cm³/mol. The van der Waals surface area contributed by atoms with Gasteiger partial charge >= 0.3 is 0 Å². The number of carbonyl (C=O) groups excluding carboxylic acids is 1. The van der Waals surface area contributed by atoms with Gasteiger partial charge in [-0.3, -0.25) is 4.79 Å².